The van der Waals surface area contributed by atoms with Gasteiger partial charge in [-0.2, -0.15) is 4.98 Å². The molecule has 1 aliphatic rings. The zero-order valence-corrected chi connectivity index (χ0v) is 13.8. The average molecular weight is 295 g/mol. The first kappa shape index (κ1) is 16.4. The second-order valence-electron chi connectivity index (χ2n) is 6.17. The lowest BCUT2D eigenvalue weighted by Gasteiger charge is -2.24. The number of rotatable bonds is 8. The molecule has 0 saturated heterocycles. The molecular formula is C16H29N3O2. The standard InChI is InChI=1S/C16H29N3O2/c1-5-16(3,20-6-2)15-18-14(21-19-15)11-13(17-4)12-9-7-8-10-12/h12-13,17H,5-11H2,1-4H3. The van der Waals surface area contributed by atoms with Gasteiger partial charge in [-0.1, -0.05) is 24.9 Å². The molecule has 2 unspecified atom stereocenters. The molecule has 1 aliphatic carbocycles. The van der Waals surface area contributed by atoms with Gasteiger partial charge in [0.1, 0.15) is 5.60 Å². The van der Waals surface area contributed by atoms with Crippen molar-refractivity contribution >= 4 is 0 Å². The van der Waals surface area contributed by atoms with Gasteiger partial charge in [0.2, 0.25) is 11.7 Å². The van der Waals surface area contributed by atoms with Gasteiger partial charge in [-0.15, -0.1) is 0 Å². The minimum Gasteiger partial charge on any atom is -0.367 e. The molecule has 1 aromatic rings. The summed E-state index contributed by atoms with van der Waals surface area (Å²) in [5.74, 6) is 2.12. The number of nitrogens with one attached hydrogen (secondary N) is 1. The molecule has 5 nitrogen and oxygen atoms in total. The molecule has 2 atom stereocenters. The van der Waals surface area contributed by atoms with Crippen molar-refractivity contribution in [3.8, 4) is 0 Å². The van der Waals surface area contributed by atoms with Gasteiger partial charge in [0, 0.05) is 19.1 Å². The van der Waals surface area contributed by atoms with E-state index in [4.69, 9.17) is 9.26 Å². The Morgan fingerprint density at radius 2 is 2.10 bits per heavy atom. The SMILES string of the molecule is CCOC(C)(CC)c1noc(CC(NC)C2CCCC2)n1. The number of hydrogen-bond acceptors (Lipinski definition) is 5. The molecular weight excluding hydrogens is 266 g/mol. The second kappa shape index (κ2) is 7.36. The largest absolute Gasteiger partial charge is 0.367 e. The molecule has 5 heteroatoms. The fraction of sp³-hybridized carbons (Fsp3) is 0.875. The van der Waals surface area contributed by atoms with E-state index >= 15 is 0 Å². The molecule has 21 heavy (non-hydrogen) atoms. The van der Waals surface area contributed by atoms with Crippen LogP contribution in [0.3, 0.4) is 0 Å². The molecule has 1 saturated carbocycles. The van der Waals surface area contributed by atoms with Crippen molar-refractivity contribution in [1.82, 2.24) is 15.5 Å². The van der Waals surface area contributed by atoms with Crippen LogP contribution in [0.15, 0.2) is 4.52 Å². The van der Waals surface area contributed by atoms with Crippen LogP contribution in [-0.2, 0) is 16.8 Å². The van der Waals surface area contributed by atoms with Gasteiger partial charge in [0.15, 0.2) is 0 Å². The van der Waals surface area contributed by atoms with Crippen LogP contribution in [0.25, 0.3) is 0 Å². The molecule has 0 radical (unpaired) electrons. The Hall–Kier alpha value is -0.940. The maximum atomic E-state index is 5.81. The fourth-order valence-corrected chi connectivity index (χ4v) is 3.25. The van der Waals surface area contributed by atoms with Crippen LogP contribution in [0.1, 0.15) is 64.6 Å². The molecule has 0 aromatic carbocycles. The van der Waals surface area contributed by atoms with E-state index in [-0.39, 0.29) is 0 Å². The number of ether oxygens (including phenoxy) is 1. The van der Waals surface area contributed by atoms with Crippen molar-refractivity contribution in [2.24, 2.45) is 5.92 Å². The van der Waals surface area contributed by atoms with E-state index in [1.807, 2.05) is 20.9 Å². The highest BCUT2D eigenvalue weighted by atomic mass is 16.5. The van der Waals surface area contributed by atoms with Crippen LogP contribution in [0.5, 0.6) is 0 Å². The first-order chi connectivity index (χ1) is 10.1. The Labute approximate surface area is 127 Å². The molecule has 0 bridgehead atoms. The minimum atomic E-state index is -0.445. The lowest BCUT2D eigenvalue weighted by molar-refractivity contribution is -0.0403. The van der Waals surface area contributed by atoms with Crippen molar-refractivity contribution in [3.63, 3.8) is 0 Å². The van der Waals surface area contributed by atoms with Crippen LogP contribution in [-0.4, -0.2) is 29.8 Å². The zero-order chi connectivity index (χ0) is 15.3. The van der Waals surface area contributed by atoms with Gasteiger partial charge in [0.25, 0.3) is 0 Å². The van der Waals surface area contributed by atoms with Crippen LogP contribution >= 0.6 is 0 Å². The van der Waals surface area contributed by atoms with Gasteiger partial charge >= 0.3 is 0 Å². The van der Waals surface area contributed by atoms with Crippen molar-refractivity contribution < 1.29 is 9.26 Å². The lowest BCUT2D eigenvalue weighted by Crippen LogP contribution is -2.34. The third-order valence-electron chi connectivity index (χ3n) is 4.81. The van der Waals surface area contributed by atoms with Crippen LogP contribution in [0, 0.1) is 5.92 Å². The van der Waals surface area contributed by atoms with Gasteiger partial charge < -0.3 is 14.6 Å². The predicted octanol–water partition coefficient (Wildman–Crippen LogP) is 3.05. The van der Waals surface area contributed by atoms with E-state index in [1.54, 1.807) is 0 Å². The molecule has 1 heterocycles. The highest BCUT2D eigenvalue weighted by molar-refractivity contribution is 5.00. The molecule has 2 rings (SSSR count). The summed E-state index contributed by atoms with van der Waals surface area (Å²) in [5.41, 5.74) is -0.445. The average Bonchev–Trinajstić information content (AvgIpc) is 3.16. The molecule has 120 valence electrons. The summed E-state index contributed by atoms with van der Waals surface area (Å²) in [5, 5.41) is 7.57. The quantitative estimate of drug-likeness (QED) is 0.798. The summed E-state index contributed by atoms with van der Waals surface area (Å²) < 4.78 is 11.3. The molecule has 1 N–H and O–H groups in total. The normalized spacial score (nSPS) is 20.6. The van der Waals surface area contributed by atoms with Crippen molar-refractivity contribution in [2.45, 2.75) is 70.9 Å². The van der Waals surface area contributed by atoms with Crippen molar-refractivity contribution in [2.75, 3.05) is 13.7 Å². The molecule has 0 aliphatic heterocycles. The molecule has 0 amide bonds. The molecule has 0 spiro atoms. The van der Waals surface area contributed by atoms with E-state index in [0.717, 1.165) is 24.7 Å². The van der Waals surface area contributed by atoms with Crippen molar-refractivity contribution in [3.05, 3.63) is 11.7 Å². The van der Waals surface area contributed by atoms with E-state index < -0.39 is 5.60 Å². The first-order valence-electron chi connectivity index (χ1n) is 8.27. The summed E-state index contributed by atoms with van der Waals surface area (Å²) in [4.78, 5) is 4.59. The molecule has 1 fully saturated rings. The van der Waals surface area contributed by atoms with Gasteiger partial charge in [0.05, 0.1) is 0 Å². The zero-order valence-electron chi connectivity index (χ0n) is 13.8. The Bertz CT molecular complexity index is 429. The third-order valence-corrected chi connectivity index (χ3v) is 4.81. The Kier molecular flexibility index (Phi) is 5.76. The summed E-state index contributed by atoms with van der Waals surface area (Å²) >= 11 is 0. The lowest BCUT2D eigenvalue weighted by atomic mass is 9.95. The fourth-order valence-electron chi connectivity index (χ4n) is 3.25. The van der Waals surface area contributed by atoms with E-state index in [9.17, 15) is 0 Å². The summed E-state index contributed by atoms with van der Waals surface area (Å²) in [6, 6.07) is 0.431. The monoisotopic (exact) mass is 295 g/mol. The smallest absolute Gasteiger partial charge is 0.228 e. The van der Waals surface area contributed by atoms with Crippen LogP contribution < -0.4 is 5.32 Å². The summed E-state index contributed by atoms with van der Waals surface area (Å²) in [7, 11) is 2.02. The Balaban J connectivity index is 2.04. The maximum absolute atomic E-state index is 5.81. The van der Waals surface area contributed by atoms with Crippen molar-refractivity contribution in [1.29, 1.82) is 0 Å². The summed E-state index contributed by atoms with van der Waals surface area (Å²) in [6.07, 6.45) is 6.93. The topological polar surface area (TPSA) is 60.2 Å². The van der Waals surface area contributed by atoms with E-state index in [2.05, 4.69) is 22.4 Å². The molecule has 1 aromatic heterocycles. The highest BCUT2D eigenvalue weighted by Crippen LogP contribution is 2.30. The third kappa shape index (κ3) is 3.83. The minimum absolute atomic E-state index is 0.431. The second-order valence-corrected chi connectivity index (χ2v) is 6.17. The number of hydrogen-bond donors (Lipinski definition) is 1. The Morgan fingerprint density at radius 3 is 2.67 bits per heavy atom. The van der Waals surface area contributed by atoms with Gasteiger partial charge in [-0.3, -0.25) is 0 Å². The number of aromatic nitrogens is 2. The number of nitrogens with zero attached hydrogens (tertiary/aromatic N) is 2. The Morgan fingerprint density at radius 1 is 1.38 bits per heavy atom. The summed E-state index contributed by atoms with van der Waals surface area (Å²) in [6.45, 7) is 6.75. The van der Waals surface area contributed by atoms with Gasteiger partial charge in [-0.05, 0) is 46.1 Å². The highest BCUT2D eigenvalue weighted by Gasteiger charge is 2.32. The maximum Gasteiger partial charge on any atom is 0.228 e. The van der Waals surface area contributed by atoms with Crippen LogP contribution in [0.4, 0.5) is 0 Å². The van der Waals surface area contributed by atoms with E-state index in [0.29, 0.717) is 18.5 Å². The van der Waals surface area contributed by atoms with Crippen LogP contribution in [0.2, 0.25) is 0 Å². The van der Waals surface area contributed by atoms with E-state index in [1.165, 1.54) is 25.7 Å². The van der Waals surface area contributed by atoms with Gasteiger partial charge in [-0.25, -0.2) is 0 Å². The predicted molar refractivity (Wildman–Crippen MR) is 82.1 cm³/mol. The number of likely N-dealkylation sites (N-methyl/N-ethyl adjacent to an activating group) is 1. The first-order valence-corrected chi connectivity index (χ1v) is 8.27.